The van der Waals surface area contributed by atoms with Gasteiger partial charge in [0, 0.05) is 16.6 Å². The number of benzene rings is 1. The second kappa shape index (κ2) is 6.57. The zero-order valence-electron chi connectivity index (χ0n) is 12.1. The highest BCUT2D eigenvalue weighted by Crippen LogP contribution is 2.24. The predicted molar refractivity (Wildman–Crippen MR) is 88.6 cm³/mol. The Balaban J connectivity index is 1.77. The van der Waals surface area contributed by atoms with Crippen molar-refractivity contribution >= 4 is 39.2 Å². The van der Waals surface area contributed by atoms with E-state index < -0.39 is 5.91 Å². The van der Waals surface area contributed by atoms with E-state index in [-0.39, 0.29) is 5.69 Å². The average Bonchev–Trinajstić information content (AvgIpc) is 2.95. The number of aryl methyl sites for hydroxylation is 1. The van der Waals surface area contributed by atoms with E-state index in [0.717, 1.165) is 10.2 Å². The fourth-order valence-electron chi connectivity index (χ4n) is 1.86. The van der Waals surface area contributed by atoms with E-state index in [1.807, 2.05) is 24.3 Å². The van der Waals surface area contributed by atoms with Crippen LogP contribution in [0.1, 0.15) is 16.2 Å². The van der Waals surface area contributed by atoms with Crippen molar-refractivity contribution in [3.8, 4) is 0 Å². The van der Waals surface area contributed by atoms with Gasteiger partial charge < -0.3 is 15.2 Å². The number of carbonyl (C=O) groups is 1. The number of rotatable bonds is 4. The summed E-state index contributed by atoms with van der Waals surface area (Å²) in [6.07, 6.45) is 1.32. The van der Waals surface area contributed by atoms with E-state index in [0.29, 0.717) is 17.4 Å². The third-order valence-electron chi connectivity index (χ3n) is 2.91. The first kappa shape index (κ1) is 15.2. The molecular weight excluding hydrogens is 362 g/mol. The van der Waals surface area contributed by atoms with Gasteiger partial charge in [-0.3, -0.25) is 4.79 Å². The van der Waals surface area contributed by atoms with Gasteiger partial charge in [-0.05, 0) is 35.0 Å². The molecule has 0 spiro atoms. The molecule has 1 aromatic carbocycles. The number of amides is 1. The highest BCUT2D eigenvalue weighted by Gasteiger charge is 2.12. The Morgan fingerprint density at radius 1 is 1.17 bits per heavy atom. The summed E-state index contributed by atoms with van der Waals surface area (Å²) in [4.78, 5) is 20.3. The predicted octanol–water partition coefficient (Wildman–Crippen LogP) is 3.53. The maximum atomic E-state index is 12.2. The summed E-state index contributed by atoms with van der Waals surface area (Å²) < 4.78 is 5.79. The van der Waals surface area contributed by atoms with Crippen molar-refractivity contribution in [3.05, 3.63) is 58.7 Å². The Morgan fingerprint density at radius 3 is 2.74 bits per heavy atom. The Labute approximate surface area is 140 Å². The first-order valence-corrected chi connectivity index (χ1v) is 7.49. The molecule has 23 heavy (non-hydrogen) atoms. The molecule has 0 fully saturated rings. The van der Waals surface area contributed by atoms with Crippen LogP contribution in [-0.2, 0) is 0 Å². The lowest BCUT2D eigenvalue weighted by molar-refractivity contribution is 0.102. The molecule has 7 nitrogen and oxygen atoms in total. The van der Waals surface area contributed by atoms with E-state index in [1.54, 1.807) is 19.1 Å². The number of hydrogen-bond acceptors (Lipinski definition) is 6. The van der Waals surface area contributed by atoms with Crippen LogP contribution in [0.15, 0.2) is 51.7 Å². The maximum Gasteiger partial charge on any atom is 0.275 e. The number of nitrogens with zero attached hydrogens (tertiary/aromatic N) is 3. The van der Waals surface area contributed by atoms with Crippen LogP contribution in [0.4, 0.5) is 17.3 Å². The van der Waals surface area contributed by atoms with Gasteiger partial charge in [-0.25, -0.2) is 9.97 Å². The molecule has 0 radical (unpaired) electrons. The summed E-state index contributed by atoms with van der Waals surface area (Å²) in [5, 5.41) is 9.44. The number of aromatic nitrogens is 3. The third-order valence-corrected chi connectivity index (χ3v) is 3.60. The van der Waals surface area contributed by atoms with E-state index in [4.69, 9.17) is 4.52 Å². The number of carbonyl (C=O) groups excluding carboxylic acids is 1. The topological polar surface area (TPSA) is 92.9 Å². The van der Waals surface area contributed by atoms with Crippen molar-refractivity contribution in [2.24, 2.45) is 0 Å². The first-order chi connectivity index (χ1) is 11.1. The average molecular weight is 374 g/mol. The molecule has 2 N–H and O–H groups in total. The quantitative estimate of drug-likeness (QED) is 0.726. The third kappa shape index (κ3) is 3.72. The molecule has 2 heterocycles. The van der Waals surface area contributed by atoms with Gasteiger partial charge in [0.2, 0.25) is 0 Å². The SMILES string of the molecule is Cc1cc(NC(=O)c2cc(Nc3ccccc3Br)ncn2)no1. The second-order valence-electron chi connectivity index (χ2n) is 4.67. The van der Waals surface area contributed by atoms with Gasteiger partial charge in [0.15, 0.2) is 5.82 Å². The van der Waals surface area contributed by atoms with Crippen LogP contribution in [0.2, 0.25) is 0 Å². The molecule has 0 atom stereocenters. The van der Waals surface area contributed by atoms with Crippen LogP contribution >= 0.6 is 15.9 Å². The standard InChI is InChI=1S/C15H12BrN5O2/c1-9-6-14(21-23-9)20-15(22)12-7-13(18-8-17-12)19-11-5-3-2-4-10(11)16/h2-8H,1H3,(H,17,18,19)(H,20,21,22). The molecule has 0 aliphatic rings. The summed E-state index contributed by atoms with van der Waals surface area (Å²) in [5.41, 5.74) is 1.06. The minimum absolute atomic E-state index is 0.218. The van der Waals surface area contributed by atoms with Crippen molar-refractivity contribution in [3.63, 3.8) is 0 Å². The smallest absolute Gasteiger partial charge is 0.275 e. The molecule has 2 aromatic heterocycles. The van der Waals surface area contributed by atoms with E-state index in [1.165, 1.54) is 6.33 Å². The normalized spacial score (nSPS) is 10.3. The van der Waals surface area contributed by atoms with Gasteiger partial charge in [0.05, 0.1) is 5.69 Å². The number of para-hydroxylation sites is 1. The molecule has 0 bridgehead atoms. The largest absolute Gasteiger partial charge is 0.360 e. The lowest BCUT2D eigenvalue weighted by atomic mass is 10.3. The number of anilines is 3. The van der Waals surface area contributed by atoms with Crippen LogP contribution in [-0.4, -0.2) is 21.0 Å². The first-order valence-electron chi connectivity index (χ1n) is 6.70. The molecular formula is C15H12BrN5O2. The zero-order valence-corrected chi connectivity index (χ0v) is 13.7. The lowest BCUT2D eigenvalue weighted by Crippen LogP contribution is -2.14. The highest BCUT2D eigenvalue weighted by molar-refractivity contribution is 9.10. The van der Waals surface area contributed by atoms with E-state index >= 15 is 0 Å². The molecule has 116 valence electrons. The molecule has 0 aliphatic heterocycles. The summed E-state index contributed by atoms with van der Waals surface area (Å²) in [5.74, 6) is 1.06. The molecule has 0 saturated heterocycles. The summed E-state index contributed by atoms with van der Waals surface area (Å²) in [6.45, 7) is 1.74. The molecule has 1 amide bonds. The van der Waals surface area contributed by atoms with Crippen LogP contribution in [0, 0.1) is 6.92 Å². The highest BCUT2D eigenvalue weighted by atomic mass is 79.9. The molecule has 0 saturated carbocycles. The van der Waals surface area contributed by atoms with Gasteiger partial charge in [0.25, 0.3) is 5.91 Å². The minimum atomic E-state index is -0.393. The Kier molecular flexibility index (Phi) is 4.33. The van der Waals surface area contributed by atoms with E-state index in [9.17, 15) is 4.79 Å². The van der Waals surface area contributed by atoms with Crippen molar-refractivity contribution in [2.75, 3.05) is 10.6 Å². The molecule has 0 aliphatic carbocycles. The Morgan fingerprint density at radius 2 is 2.00 bits per heavy atom. The maximum absolute atomic E-state index is 12.2. The number of halogens is 1. The fourth-order valence-corrected chi connectivity index (χ4v) is 2.24. The summed E-state index contributed by atoms with van der Waals surface area (Å²) in [6, 6.07) is 10.8. The Bertz CT molecular complexity index is 849. The zero-order chi connectivity index (χ0) is 16.2. The number of hydrogen-bond donors (Lipinski definition) is 2. The molecule has 0 unspecified atom stereocenters. The van der Waals surface area contributed by atoms with Crippen LogP contribution in [0.3, 0.4) is 0 Å². The van der Waals surface area contributed by atoms with Gasteiger partial charge in [-0.2, -0.15) is 0 Å². The van der Waals surface area contributed by atoms with Crippen molar-refractivity contribution in [1.82, 2.24) is 15.1 Å². The number of nitrogens with one attached hydrogen (secondary N) is 2. The second-order valence-corrected chi connectivity index (χ2v) is 5.52. The van der Waals surface area contributed by atoms with Crippen molar-refractivity contribution in [2.45, 2.75) is 6.92 Å². The monoisotopic (exact) mass is 373 g/mol. The lowest BCUT2D eigenvalue weighted by Gasteiger charge is -2.08. The van der Waals surface area contributed by atoms with Crippen molar-refractivity contribution in [1.29, 1.82) is 0 Å². The van der Waals surface area contributed by atoms with Crippen LogP contribution < -0.4 is 10.6 Å². The molecule has 8 heteroatoms. The van der Waals surface area contributed by atoms with Crippen LogP contribution in [0.5, 0.6) is 0 Å². The van der Waals surface area contributed by atoms with Crippen LogP contribution in [0.25, 0.3) is 0 Å². The fraction of sp³-hybridized carbons (Fsp3) is 0.0667. The van der Waals surface area contributed by atoms with Crippen molar-refractivity contribution < 1.29 is 9.32 Å². The minimum Gasteiger partial charge on any atom is -0.360 e. The van der Waals surface area contributed by atoms with Gasteiger partial charge in [-0.1, -0.05) is 17.3 Å². The molecule has 3 rings (SSSR count). The van der Waals surface area contributed by atoms with Gasteiger partial charge >= 0.3 is 0 Å². The van der Waals surface area contributed by atoms with Gasteiger partial charge in [0.1, 0.15) is 23.6 Å². The summed E-state index contributed by atoms with van der Waals surface area (Å²) >= 11 is 3.44. The molecule has 3 aromatic rings. The van der Waals surface area contributed by atoms with Gasteiger partial charge in [-0.15, -0.1) is 0 Å². The Hall–Kier alpha value is -2.74. The van der Waals surface area contributed by atoms with E-state index in [2.05, 4.69) is 41.7 Å². The summed E-state index contributed by atoms with van der Waals surface area (Å²) in [7, 11) is 0.